The van der Waals surface area contributed by atoms with Crippen LogP contribution >= 0.6 is 11.6 Å². The van der Waals surface area contributed by atoms with Crippen LogP contribution in [0.15, 0.2) is 41.6 Å². The lowest BCUT2D eigenvalue weighted by Crippen LogP contribution is -2.13. The SMILES string of the molecule is Cc1cc(/C(N)=N/O)ccc1CNc1c(C)cccc1Cl. The van der Waals surface area contributed by atoms with Gasteiger partial charge in [-0.05, 0) is 42.7 Å². The molecule has 2 rings (SSSR count). The third-order valence-corrected chi connectivity index (χ3v) is 3.74. The first-order valence-electron chi connectivity index (χ1n) is 6.59. The van der Waals surface area contributed by atoms with E-state index in [4.69, 9.17) is 22.5 Å². The van der Waals surface area contributed by atoms with Crippen LogP contribution in [0, 0.1) is 13.8 Å². The van der Waals surface area contributed by atoms with Crippen molar-refractivity contribution in [2.45, 2.75) is 20.4 Å². The normalized spacial score (nSPS) is 11.5. The first-order chi connectivity index (χ1) is 10.0. The Labute approximate surface area is 129 Å². The van der Waals surface area contributed by atoms with E-state index in [-0.39, 0.29) is 5.84 Å². The lowest BCUT2D eigenvalue weighted by atomic mass is 10.0. The highest BCUT2D eigenvalue weighted by Crippen LogP contribution is 2.26. The first-order valence-corrected chi connectivity index (χ1v) is 6.97. The number of benzene rings is 2. The van der Waals surface area contributed by atoms with E-state index in [2.05, 4.69) is 10.5 Å². The Morgan fingerprint density at radius 3 is 2.62 bits per heavy atom. The average Bonchev–Trinajstić information content (AvgIpc) is 2.47. The molecule has 0 fully saturated rings. The quantitative estimate of drug-likeness (QED) is 0.349. The molecule has 0 bridgehead atoms. The maximum absolute atomic E-state index is 8.70. The highest BCUT2D eigenvalue weighted by Gasteiger charge is 2.06. The Bertz CT molecular complexity index is 663. The van der Waals surface area contributed by atoms with Crippen molar-refractivity contribution < 1.29 is 5.21 Å². The molecule has 4 nitrogen and oxygen atoms in total. The molecule has 0 aromatic heterocycles. The molecule has 5 heteroatoms. The zero-order valence-corrected chi connectivity index (χ0v) is 12.8. The van der Waals surface area contributed by atoms with Gasteiger partial charge in [0.05, 0.1) is 10.7 Å². The van der Waals surface area contributed by atoms with E-state index >= 15 is 0 Å². The number of oxime groups is 1. The van der Waals surface area contributed by atoms with Crippen molar-refractivity contribution in [3.8, 4) is 0 Å². The molecular weight excluding hydrogens is 286 g/mol. The van der Waals surface area contributed by atoms with E-state index in [1.807, 2.05) is 50.2 Å². The number of anilines is 1. The number of aryl methyl sites for hydroxylation is 2. The number of halogens is 1. The van der Waals surface area contributed by atoms with Crippen molar-refractivity contribution in [2.24, 2.45) is 10.9 Å². The molecule has 0 aliphatic carbocycles. The van der Waals surface area contributed by atoms with Gasteiger partial charge in [0.15, 0.2) is 5.84 Å². The standard InChI is InChI=1S/C16H18ClN3O/c1-10-4-3-5-14(17)15(10)19-9-13-7-6-12(8-11(13)2)16(18)20-21/h3-8,19,21H,9H2,1-2H3,(H2,18,20). The summed E-state index contributed by atoms with van der Waals surface area (Å²) in [6.07, 6.45) is 0. The Kier molecular flexibility index (Phi) is 4.70. The lowest BCUT2D eigenvalue weighted by molar-refractivity contribution is 0.318. The average molecular weight is 304 g/mol. The van der Waals surface area contributed by atoms with Gasteiger partial charge in [0.2, 0.25) is 0 Å². The highest BCUT2D eigenvalue weighted by molar-refractivity contribution is 6.33. The molecule has 0 aliphatic heterocycles. The van der Waals surface area contributed by atoms with Crippen LogP contribution in [-0.2, 0) is 6.54 Å². The number of hydrogen-bond acceptors (Lipinski definition) is 3. The van der Waals surface area contributed by atoms with Crippen LogP contribution in [0.5, 0.6) is 0 Å². The van der Waals surface area contributed by atoms with Crippen LogP contribution in [0.25, 0.3) is 0 Å². The number of para-hydroxylation sites is 1. The van der Waals surface area contributed by atoms with E-state index in [0.29, 0.717) is 17.1 Å². The van der Waals surface area contributed by atoms with Gasteiger partial charge in [0.1, 0.15) is 0 Å². The van der Waals surface area contributed by atoms with E-state index in [9.17, 15) is 0 Å². The molecule has 0 radical (unpaired) electrons. The molecule has 0 amide bonds. The van der Waals surface area contributed by atoms with Crippen LogP contribution in [-0.4, -0.2) is 11.0 Å². The Balaban J connectivity index is 2.18. The van der Waals surface area contributed by atoms with Gasteiger partial charge in [-0.1, -0.05) is 41.0 Å². The van der Waals surface area contributed by atoms with Crippen molar-refractivity contribution >= 4 is 23.1 Å². The fraction of sp³-hybridized carbons (Fsp3) is 0.188. The summed E-state index contributed by atoms with van der Waals surface area (Å²) in [5.74, 6) is 0.111. The number of amidine groups is 1. The Morgan fingerprint density at radius 1 is 1.24 bits per heavy atom. The molecule has 0 heterocycles. The van der Waals surface area contributed by atoms with Crippen molar-refractivity contribution in [3.63, 3.8) is 0 Å². The topological polar surface area (TPSA) is 70.6 Å². The summed E-state index contributed by atoms with van der Waals surface area (Å²) in [7, 11) is 0. The van der Waals surface area contributed by atoms with Gasteiger partial charge in [-0.25, -0.2) is 0 Å². The van der Waals surface area contributed by atoms with Gasteiger partial charge in [-0.3, -0.25) is 0 Å². The van der Waals surface area contributed by atoms with E-state index in [1.54, 1.807) is 0 Å². The predicted molar refractivity (Wildman–Crippen MR) is 87.2 cm³/mol. The predicted octanol–water partition coefficient (Wildman–Crippen LogP) is 3.66. The molecule has 0 unspecified atom stereocenters. The summed E-state index contributed by atoms with van der Waals surface area (Å²) < 4.78 is 0. The lowest BCUT2D eigenvalue weighted by Gasteiger charge is -2.13. The number of nitrogens with zero attached hydrogens (tertiary/aromatic N) is 1. The smallest absolute Gasteiger partial charge is 0.170 e. The number of rotatable bonds is 4. The molecule has 2 aromatic rings. The van der Waals surface area contributed by atoms with E-state index < -0.39 is 0 Å². The molecular formula is C16H18ClN3O. The van der Waals surface area contributed by atoms with Gasteiger partial charge in [-0.15, -0.1) is 0 Å². The van der Waals surface area contributed by atoms with Crippen molar-refractivity contribution in [1.29, 1.82) is 0 Å². The van der Waals surface area contributed by atoms with Gasteiger partial charge in [0, 0.05) is 12.1 Å². The summed E-state index contributed by atoms with van der Waals surface area (Å²) in [6, 6.07) is 11.5. The van der Waals surface area contributed by atoms with Crippen molar-refractivity contribution in [3.05, 3.63) is 63.7 Å². The zero-order valence-electron chi connectivity index (χ0n) is 12.0. The summed E-state index contributed by atoms with van der Waals surface area (Å²) >= 11 is 6.20. The van der Waals surface area contributed by atoms with Crippen LogP contribution in [0.2, 0.25) is 5.02 Å². The fourth-order valence-electron chi connectivity index (χ4n) is 2.15. The Morgan fingerprint density at radius 2 is 2.00 bits per heavy atom. The second-order valence-electron chi connectivity index (χ2n) is 4.91. The monoisotopic (exact) mass is 303 g/mol. The van der Waals surface area contributed by atoms with Gasteiger partial charge < -0.3 is 16.3 Å². The van der Waals surface area contributed by atoms with Crippen molar-refractivity contribution in [1.82, 2.24) is 0 Å². The molecule has 110 valence electrons. The van der Waals surface area contributed by atoms with Gasteiger partial charge in [0.25, 0.3) is 0 Å². The summed E-state index contributed by atoms with van der Waals surface area (Å²) in [6.45, 7) is 4.67. The third kappa shape index (κ3) is 3.47. The zero-order chi connectivity index (χ0) is 15.4. The highest BCUT2D eigenvalue weighted by atomic mass is 35.5. The molecule has 0 aliphatic rings. The second-order valence-corrected chi connectivity index (χ2v) is 5.32. The van der Waals surface area contributed by atoms with E-state index in [1.165, 1.54) is 0 Å². The molecule has 2 aromatic carbocycles. The minimum atomic E-state index is 0.111. The third-order valence-electron chi connectivity index (χ3n) is 3.42. The molecule has 0 saturated heterocycles. The van der Waals surface area contributed by atoms with Gasteiger partial charge >= 0.3 is 0 Å². The molecule has 0 atom stereocenters. The molecule has 0 spiro atoms. The number of nitrogens with two attached hydrogens (primary N) is 1. The molecule has 4 N–H and O–H groups in total. The Hall–Kier alpha value is -2.20. The number of nitrogens with one attached hydrogen (secondary N) is 1. The fourth-order valence-corrected chi connectivity index (χ4v) is 2.44. The van der Waals surface area contributed by atoms with E-state index in [0.717, 1.165) is 22.4 Å². The maximum Gasteiger partial charge on any atom is 0.170 e. The van der Waals surface area contributed by atoms with Crippen LogP contribution in [0.1, 0.15) is 22.3 Å². The van der Waals surface area contributed by atoms with Gasteiger partial charge in [-0.2, -0.15) is 0 Å². The first kappa shape index (κ1) is 15.2. The minimum Gasteiger partial charge on any atom is -0.409 e. The summed E-state index contributed by atoms with van der Waals surface area (Å²) in [4.78, 5) is 0. The summed E-state index contributed by atoms with van der Waals surface area (Å²) in [5.41, 5.74) is 10.5. The largest absolute Gasteiger partial charge is 0.409 e. The molecule has 21 heavy (non-hydrogen) atoms. The molecule has 0 saturated carbocycles. The second kappa shape index (κ2) is 6.50. The summed E-state index contributed by atoms with van der Waals surface area (Å²) in [5, 5.41) is 15.8. The number of hydrogen-bond donors (Lipinski definition) is 3. The van der Waals surface area contributed by atoms with Crippen LogP contribution in [0.4, 0.5) is 5.69 Å². The van der Waals surface area contributed by atoms with Crippen LogP contribution < -0.4 is 11.1 Å². The minimum absolute atomic E-state index is 0.111. The maximum atomic E-state index is 8.70. The van der Waals surface area contributed by atoms with Crippen LogP contribution in [0.3, 0.4) is 0 Å². The van der Waals surface area contributed by atoms with Crippen molar-refractivity contribution in [2.75, 3.05) is 5.32 Å².